The lowest BCUT2D eigenvalue weighted by molar-refractivity contribution is -0.120. The van der Waals surface area contributed by atoms with Gasteiger partial charge in [0, 0.05) is 5.92 Å². The zero-order chi connectivity index (χ0) is 10.6. The van der Waals surface area contributed by atoms with Crippen LogP contribution in [0.2, 0.25) is 0 Å². The molecule has 0 radical (unpaired) electrons. The molecular formula is C8H16O4S. The van der Waals surface area contributed by atoms with Crippen LogP contribution in [0.1, 0.15) is 27.2 Å². The normalized spacial score (nSPS) is 14.5. The van der Waals surface area contributed by atoms with E-state index in [1.807, 2.05) is 13.8 Å². The minimum atomic E-state index is -4.15. The highest BCUT2D eigenvalue weighted by Gasteiger charge is 2.19. The van der Waals surface area contributed by atoms with E-state index in [0.717, 1.165) is 0 Å². The fraction of sp³-hybridized carbons (Fsp3) is 0.875. The van der Waals surface area contributed by atoms with E-state index in [2.05, 4.69) is 0 Å². The van der Waals surface area contributed by atoms with Crippen molar-refractivity contribution in [2.75, 3.05) is 5.75 Å². The third-order valence-electron chi connectivity index (χ3n) is 1.70. The number of rotatable bonds is 5. The molecule has 0 spiro atoms. The summed E-state index contributed by atoms with van der Waals surface area (Å²) in [6.45, 7) is 5.59. The predicted molar refractivity (Wildman–Crippen MR) is 50.0 cm³/mol. The second-order valence-corrected chi connectivity index (χ2v) is 5.18. The van der Waals surface area contributed by atoms with Crippen molar-refractivity contribution in [2.24, 2.45) is 11.8 Å². The number of carbonyl (C=O) groups is 1. The molecule has 0 aromatic rings. The van der Waals surface area contributed by atoms with Crippen LogP contribution in [0, 0.1) is 11.8 Å². The van der Waals surface area contributed by atoms with E-state index in [0.29, 0.717) is 12.3 Å². The Morgan fingerprint density at radius 2 is 1.77 bits per heavy atom. The zero-order valence-electron chi connectivity index (χ0n) is 8.15. The second-order valence-electron chi connectivity index (χ2n) is 3.72. The first-order valence-corrected chi connectivity index (χ1v) is 5.81. The van der Waals surface area contributed by atoms with Crippen molar-refractivity contribution >= 4 is 15.9 Å². The molecule has 0 aromatic carbocycles. The third kappa shape index (κ3) is 6.72. The van der Waals surface area contributed by atoms with Crippen LogP contribution in [0.5, 0.6) is 0 Å². The molecule has 4 nitrogen and oxygen atoms in total. The Morgan fingerprint density at radius 1 is 1.31 bits per heavy atom. The fourth-order valence-electron chi connectivity index (χ4n) is 1.16. The van der Waals surface area contributed by atoms with Gasteiger partial charge in [-0.1, -0.05) is 20.8 Å². The van der Waals surface area contributed by atoms with Crippen molar-refractivity contribution in [3.05, 3.63) is 0 Å². The smallest absolute Gasteiger partial charge is 0.272 e. The molecule has 1 N–H and O–H groups in total. The summed E-state index contributed by atoms with van der Waals surface area (Å²) in [6.07, 6.45) is 0.647. The molecule has 1 atom stereocenters. The largest absolute Gasteiger partial charge is 0.298 e. The lowest BCUT2D eigenvalue weighted by Gasteiger charge is -2.11. The summed E-state index contributed by atoms with van der Waals surface area (Å²) in [5, 5.41) is 0. The number of ketones is 1. The fourth-order valence-corrected chi connectivity index (χ4v) is 1.80. The van der Waals surface area contributed by atoms with Crippen LogP contribution < -0.4 is 0 Å². The predicted octanol–water partition coefficient (Wildman–Crippen LogP) is 1.13. The molecule has 0 unspecified atom stereocenters. The molecule has 0 heterocycles. The van der Waals surface area contributed by atoms with Crippen LogP contribution in [0.3, 0.4) is 0 Å². The molecule has 5 heteroatoms. The van der Waals surface area contributed by atoms with E-state index in [9.17, 15) is 13.2 Å². The maximum atomic E-state index is 11.2. The van der Waals surface area contributed by atoms with E-state index < -0.39 is 21.7 Å². The van der Waals surface area contributed by atoms with Gasteiger partial charge in [0.15, 0.2) is 5.78 Å². The van der Waals surface area contributed by atoms with Crippen molar-refractivity contribution in [3.63, 3.8) is 0 Å². The van der Waals surface area contributed by atoms with Crippen LogP contribution in [-0.4, -0.2) is 24.5 Å². The first kappa shape index (κ1) is 12.6. The Hall–Kier alpha value is -0.420. The van der Waals surface area contributed by atoms with Crippen LogP contribution in [-0.2, 0) is 14.9 Å². The molecule has 0 saturated heterocycles. The molecule has 78 valence electrons. The van der Waals surface area contributed by atoms with Crippen LogP contribution in [0.4, 0.5) is 0 Å². The van der Waals surface area contributed by atoms with Gasteiger partial charge in [-0.05, 0) is 12.3 Å². The van der Waals surface area contributed by atoms with E-state index >= 15 is 0 Å². The first-order chi connectivity index (χ1) is 5.72. The topological polar surface area (TPSA) is 71.4 Å². The Balaban J connectivity index is 4.13. The molecule has 0 fully saturated rings. The Labute approximate surface area is 79.1 Å². The van der Waals surface area contributed by atoms with Crippen molar-refractivity contribution in [2.45, 2.75) is 27.2 Å². The number of carbonyl (C=O) groups excluding carboxylic acids is 1. The maximum absolute atomic E-state index is 11.2. The van der Waals surface area contributed by atoms with Gasteiger partial charge in [0.25, 0.3) is 10.1 Å². The molecule has 13 heavy (non-hydrogen) atoms. The summed E-state index contributed by atoms with van der Waals surface area (Å²) in [4.78, 5) is 11.2. The SMILES string of the molecule is CC(C)C[C@@H](C)C(=O)CS(=O)(=O)O. The second kappa shape index (κ2) is 4.72. The quantitative estimate of drug-likeness (QED) is 0.687. The van der Waals surface area contributed by atoms with Gasteiger partial charge >= 0.3 is 0 Å². The van der Waals surface area contributed by atoms with Gasteiger partial charge in [0.2, 0.25) is 0 Å². The van der Waals surface area contributed by atoms with Crippen molar-refractivity contribution in [3.8, 4) is 0 Å². The van der Waals surface area contributed by atoms with Gasteiger partial charge in [-0.3, -0.25) is 9.35 Å². The molecule has 0 aliphatic carbocycles. The standard InChI is InChI=1S/C8H16O4S/c1-6(2)4-7(3)8(9)5-13(10,11)12/h6-7H,4-5H2,1-3H3,(H,10,11,12)/t7-/m1/s1. The maximum Gasteiger partial charge on any atom is 0.272 e. The summed E-state index contributed by atoms with van der Waals surface area (Å²) in [6, 6.07) is 0. The van der Waals surface area contributed by atoms with Gasteiger partial charge in [-0.15, -0.1) is 0 Å². The summed E-state index contributed by atoms with van der Waals surface area (Å²) in [5.41, 5.74) is 0. The summed E-state index contributed by atoms with van der Waals surface area (Å²) < 4.78 is 29.2. The monoisotopic (exact) mass is 208 g/mol. The van der Waals surface area contributed by atoms with Crippen LogP contribution in [0.15, 0.2) is 0 Å². The average molecular weight is 208 g/mol. The third-order valence-corrected chi connectivity index (χ3v) is 2.35. The van der Waals surface area contributed by atoms with E-state index in [1.54, 1.807) is 6.92 Å². The molecule has 0 rings (SSSR count). The van der Waals surface area contributed by atoms with E-state index in [1.165, 1.54) is 0 Å². The molecule has 0 amide bonds. The highest BCUT2D eigenvalue weighted by atomic mass is 32.2. The summed E-state index contributed by atoms with van der Waals surface area (Å²) in [5.74, 6) is -1.14. The van der Waals surface area contributed by atoms with Gasteiger partial charge in [-0.25, -0.2) is 0 Å². The molecular weight excluding hydrogens is 192 g/mol. The molecule has 0 aromatic heterocycles. The Bertz CT molecular complexity index is 266. The van der Waals surface area contributed by atoms with Crippen molar-refractivity contribution in [1.82, 2.24) is 0 Å². The highest BCUT2D eigenvalue weighted by Crippen LogP contribution is 2.12. The Kier molecular flexibility index (Phi) is 4.56. The van der Waals surface area contributed by atoms with Crippen molar-refractivity contribution in [1.29, 1.82) is 0 Å². The lowest BCUT2D eigenvalue weighted by Crippen LogP contribution is -2.22. The molecule has 0 aliphatic heterocycles. The van der Waals surface area contributed by atoms with E-state index in [-0.39, 0.29) is 5.92 Å². The zero-order valence-corrected chi connectivity index (χ0v) is 8.97. The van der Waals surface area contributed by atoms with Gasteiger partial charge < -0.3 is 0 Å². The molecule has 0 saturated carbocycles. The molecule has 0 aliphatic rings. The average Bonchev–Trinajstić information content (AvgIpc) is 1.81. The highest BCUT2D eigenvalue weighted by molar-refractivity contribution is 7.86. The molecule has 0 bridgehead atoms. The van der Waals surface area contributed by atoms with Gasteiger partial charge in [-0.2, -0.15) is 8.42 Å². The lowest BCUT2D eigenvalue weighted by atomic mass is 9.96. The minimum absolute atomic E-state index is 0.304. The summed E-state index contributed by atoms with van der Waals surface area (Å²) in [7, 11) is -4.15. The minimum Gasteiger partial charge on any atom is -0.298 e. The van der Waals surface area contributed by atoms with E-state index in [4.69, 9.17) is 4.55 Å². The Morgan fingerprint density at radius 3 is 2.08 bits per heavy atom. The van der Waals surface area contributed by atoms with Crippen LogP contribution in [0.25, 0.3) is 0 Å². The summed E-state index contributed by atoms with van der Waals surface area (Å²) >= 11 is 0. The van der Waals surface area contributed by atoms with Crippen molar-refractivity contribution < 1.29 is 17.8 Å². The van der Waals surface area contributed by atoms with Gasteiger partial charge in [0.1, 0.15) is 5.75 Å². The van der Waals surface area contributed by atoms with Gasteiger partial charge in [0.05, 0.1) is 0 Å². The van der Waals surface area contributed by atoms with Crippen LogP contribution >= 0.6 is 0 Å². The number of hydrogen-bond donors (Lipinski definition) is 1. The first-order valence-electron chi connectivity index (χ1n) is 4.20. The number of hydrogen-bond acceptors (Lipinski definition) is 3. The number of Topliss-reactive ketones (excluding diaryl/α,β-unsaturated/α-hetero) is 1.